The molecule has 0 bridgehead atoms. The van der Waals surface area contributed by atoms with Gasteiger partial charge < -0.3 is 15.1 Å². The summed E-state index contributed by atoms with van der Waals surface area (Å²) in [6.07, 6.45) is 1.79. The van der Waals surface area contributed by atoms with Gasteiger partial charge in [-0.1, -0.05) is 0 Å². The van der Waals surface area contributed by atoms with E-state index < -0.39 is 0 Å². The van der Waals surface area contributed by atoms with Gasteiger partial charge >= 0.3 is 0 Å². The lowest BCUT2D eigenvalue weighted by atomic mass is 10.3. The third-order valence-corrected chi connectivity index (χ3v) is 3.32. The van der Waals surface area contributed by atoms with Gasteiger partial charge in [-0.05, 0) is 7.05 Å². The zero-order chi connectivity index (χ0) is 12.5. The summed E-state index contributed by atoms with van der Waals surface area (Å²) in [5, 5.41) is 10.9. The fourth-order valence-corrected chi connectivity index (χ4v) is 2.19. The van der Waals surface area contributed by atoms with Crippen molar-refractivity contribution in [3.63, 3.8) is 0 Å². The van der Waals surface area contributed by atoms with Gasteiger partial charge in [-0.25, -0.2) is 0 Å². The van der Waals surface area contributed by atoms with Gasteiger partial charge in [-0.2, -0.15) is 15.1 Å². The summed E-state index contributed by atoms with van der Waals surface area (Å²) < 4.78 is 0. The largest absolute Gasteiger partial charge is 0.357 e. The van der Waals surface area contributed by atoms with E-state index in [4.69, 9.17) is 0 Å². The number of hydrogen-bond donors (Lipinski definition) is 2. The van der Waals surface area contributed by atoms with Crippen LogP contribution in [0, 0.1) is 0 Å². The number of nitrogens with zero attached hydrogens (tertiary/aromatic N) is 5. The number of H-pyrrole nitrogens is 1. The monoisotopic (exact) mass is 247 g/mol. The highest BCUT2D eigenvalue weighted by atomic mass is 15.3. The molecule has 0 radical (unpaired) electrons. The van der Waals surface area contributed by atoms with E-state index in [1.54, 1.807) is 6.20 Å². The maximum absolute atomic E-state index is 4.57. The minimum atomic E-state index is 0.626. The van der Waals surface area contributed by atoms with E-state index in [1.807, 2.05) is 7.05 Å². The summed E-state index contributed by atoms with van der Waals surface area (Å²) in [6, 6.07) is 0. The van der Waals surface area contributed by atoms with Crippen molar-refractivity contribution in [1.82, 2.24) is 25.1 Å². The Kier molecular flexibility index (Phi) is 2.75. The molecule has 1 aliphatic heterocycles. The number of hydrogen-bond acceptors (Lipinski definition) is 6. The zero-order valence-electron chi connectivity index (χ0n) is 10.6. The number of aromatic nitrogens is 4. The van der Waals surface area contributed by atoms with Gasteiger partial charge in [0.25, 0.3) is 0 Å². The number of aromatic amines is 1. The lowest BCUT2D eigenvalue weighted by Gasteiger charge is -2.33. The maximum atomic E-state index is 4.57. The van der Waals surface area contributed by atoms with Crippen molar-refractivity contribution < 1.29 is 0 Å². The van der Waals surface area contributed by atoms with E-state index >= 15 is 0 Å². The molecular formula is C11H17N7. The van der Waals surface area contributed by atoms with Crippen LogP contribution in [0.5, 0.6) is 0 Å². The first-order chi connectivity index (χ1) is 8.78. The Morgan fingerprint density at radius 1 is 1.22 bits per heavy atom. The molecule has 0 spiro atoms. The molecule has 0 unspecified atom stereocenters. The van der Waals surface area contributed by atoms with Gasteiger partial charge in [0.05, 0.1) is 11.6 Å². The first-order valence-electron chi connectivity index (χ1n) is 6.10. The van der Waals surface area contributed by atoms with Crippen LogP contribution in [0.3, 0.4) is 0 Å². The molecule has 1 aliphatic rings. The lowest BCUT2D eigenvalue weighted by Crippen LogP contribution is -2.44. The Morgan fingerprint density at radius 3 is 2.72 bits per heavy atom. The average molecular weight is 247 g/mol. The Labute approximate surface area is 105 Å². The molecule has 0 amide bonds. The maximum Gasteiger partial charge on any atom is 0.226 e. The molecule has 1 fully saturated rings. The highest BCUT2D eigenvalue weighted by Gasteiger charge is 2.19. The van der Waals surface area contributed by atoms with Crippen LogP contribution in [0.1, 0.15) is 0 Å². The Hall–Kier alpha value is -1.89. The van der Waals surface area contributed by atoms with Gasteiger partial charge in [-0.3, -0.25) is 5.10 Å². The van der Waals surface area contributed by atoms with Crippen LogP contribution in [0.2, 0.25) is 0 Å². The van der Waals surface area contributed by atoms with E-state index in [1.165, 1.54) is 0 Å². The smallest absolute Gasteiger partial charge is 0.226 e. The Morgan fingerprint density at radius 2 is 2.00 bits per heavy atom. The van der Waals surface area contributed by atoms with Crippen LogP contribution in [-0.4, -0.2) is 65.3 Å². The highest BCUT2D eigenvalue weighted by Crippen LogP contribution is 2.24. The Bertz CT molecular complexity index is 541. The van der Waals surface area contributed by atoms with Crippen molar-refractivity contribution >= 4 is 22.8 Å². The molecule has 18 heavy (non-hydrogen) atoms. The van der Waals surface area contributed by atoms with Crippen molar-refractivity contribution in [1.29, 1.82) is 0 Å². The van der Waals surface area contributed by atoms with Crippen molar-refractivity contribution in [2.45, 2.75) is 0 Å². The molecule has 1 saturated heterocycles. The molecule has 7 heteroatoms. The van der Waals surface area contributed by atoms with E-state index in [-0.39, 0.29) is 0 Å². The average Bonchev–Trinajstić information content (AvgIpc) is 2.86. The number of likely N-dealkylation sites (N-methyl/N-ethyl adjacent to an activating group) is 1. The summed E-state index contributed by atoms with van der Waals surface area (Å²) >= 11 is 0. The molecule has 96 valence electrons. The van der Waals surface area contributed by atoms with Gasteiger partial charge in [0.2, 0.25) is 5.95 Å². The quantitative estimate of drug-likeness (QED) is 0.787. The van der Waals surface area contributed by atoms with E-state index in [2.05, 4.69) is 42.3 Å². The van der Waals surface area contributed by atoms with Crippen molar-refractivity contribution in [3.05, 3.63) is 6.20 Å². The second-order valence-corrected chi connectivity index (χ2v) is 4.54. The molecule has 0 aromatic carbocycles. The normalized spacial score (nSPS) is 17.3. The molecule has 0 atom stereocenters. The van der Waals surface area contributed by atoms with Gasteiger partial charge in [0.1, 0.15) is 5.82 Å². The van der Waals surface area contributed by atoms with Gasteiger partial charge in [0.15, 0.2) is 5.65 Å². The third kappa shape index (κ3) is 1.86. The van der Waals surface area contributed by atoms with E-state index in [0.29, 0.717) is 5.95 Å². The summed E-state index contributed by atoms with van der Waals surface area (Å²) in [4.78, 5) is 13.5. The highest BCUT2D eigenvalue weighted by molar-refractivity contribution is 5.87. The van der Waals surface area contributed by atoms with E-state index in [0.717, 1.165) is 43.0 Å². The minimum Gasteiger partial charge on any atom is -0.357 e. The number of nitrogens with one attached hydrogen (secondary N) is 2. The number of fused-ring (bicyclic) bond motifs is 1. The third-order valence-electron chi connectivity index (χ3n) is 3.32. The molecule has 3 rings (SSSR count). The summed E-state index contributed by atoms with van der Waals surface area (Å²) in [7, 11) is 3.97. The van der Waals surface area contributed by atoms with Crippen molar-refractivity contribution in [3.8, 4) is 0 Å². The zero-order valence-corrected chi connectivity index (χ0v) is 10.6. The molecule has 7 nitrogen and oxygen atoms in total. The van der Waals surface area contributed by atoms with Crippen LogP contribution in [0.25, 0.3) is 11.0 Å². The SMILES string of the molecule is CNc1nc(N2CCN(C)CC2)c2cn[nH]c2n1. The number of piperazine rings is 1. The number of rotatable bonds is 2. The Balaban J connectivity index is 2.01. The predicted octanol–water partition coefficient (Wildman–Crippen LogP) is 0.146. The molecule has 2 aromatic rings. The summed E-state index contributed by atoms with van der Waals surface area (Å²) in [5.74, 6) is 1.59. The van der Waals surface area contributed by atoms with Gasteiger partial charge in [-0.15, -0.1) is 0 Å². The lowest BCUT2D eigenvalue weighted by molar-refractivity contribution is 0.312. The standard InChI is InChI=1S/C11H17N7/c1-12-11-14-9-8(7-13-16-9)10(15-11)18-5-3-17(2)4-6-18/h7H,3-6H2,1-2H3,(H2,12,13,14,15,16). The molecular weight excluding hydrogens is 230 g/mol. The summed E-state index contributed by atoms with van der Waals surface area (Å²) in [6.45, 7) is 4.07. The molecule has 0 saturated carbocycles. The number of anilines is 2. The van der Waals surface area contributed by atoms with Gasteiger partial charge in [0, 0.05) is 33.2 Å². The van der Waals surface area contributed by atoms with Crippen LogP contribution >= 0.6 is 0 Å². The molecule has 3 heterocycles. The molecule has 2 aromatic heterocycles. The fraction of sp³-hybridized carbons (Fsp3) is 0.545. The van der Waals surface area contributed by atoms with Crippen LogP contribution in [-0.2, 0) is 0 Å². The van der Waals surface area contributed by atoms with Crippen molar-refractivity contribution in [2.75, 3.05) is 50.5 Å². The molecule has 2 N–H and O–H groups in total. The van der Waals surface area contributed by atoms with Crippen LogP contribution in [0.15, 0.2) is 6.20 Å². The predicted molar refractivity (Wildman–Crippen MR) is 70.9 cm³/mol. The topological polar surface area (TPSA) is 73.0 Å². The summed E-state index contributed by atoms with van der Waals surface area (Å²) in [5.41, 5.74) is 0.781. The fourth-order valence-electron chi connectivity index (χ4n) is 2.19. The first kappa shape index (κ1) is 11.2. The minimum absolute atomic E-state index is 0.626. The van der Waals surface area contributed by atoms with Crippen molar-refractivity contribution in [2.24, 2.45) is 0 Å². The van der Waals surface area contributed by atoms with Crippen LogP contribution < -0.4 is 10.2 Å². The van der Waals surface area contributed by atoms with E-state index in [9.17, 15) is 0 Å². The molecule has 0 aliphatic carbocycles. The first-order valence-corrected chi connectivity index (χ1v) is 6.10. The second-order valence-electron chi connectivity index (χ2n) is 4.54. The second kappa shape index (κ2) is 4.41. The van der Waals surface area contributed by atoms with Crippen LogP contribution in [0.4, 0.5) is 11.8 Å².